The lowest BCUT2D eigenvalue weighted by Crippen LogP contribution is -2.04. The molecule has 1 heterocycles. The van der Waals surface area contributed by atoms with Crippen LogP contribution in [0.5, 0.6) is 5.75 Å². The van der Waals surface area contributed by atoms with E-state index >= 15 is 0 Å². The highest BCUT2D eigenvalue weighted by Gasteiger charge is 2.16. The fraction of sp³-hybridized carbons (Fsp3) is 0.222. The largest absolute Gasteiger partial charge is 0.486 e. The van der Waals surface area contributed by atoms with Crippen molar-refractivity contribution in [1.29, 1.82) is 0 Å². The Morgan fingerprint density at radius 2 is 2.00 bits per heavy atom. The summed E-state index contributed by atoms with van der Waals surface area (Å²) in [6.07, 6.45) is 0. The predicted octanol–water partition coefficient (Wildman–Crippen LogP) is 4.81. The number of aromatic nitrogens is 3. The van der Waals surface area contributed by atoms with Crippen molar-refractivity contribution in [3.8, 4) is 5.75 Å². The fourth-order valence-electron chi connectivity index (χ4n) is 2.37. The van der Waals surface area contributed by atoms with Gasteiger partial charge in [0.25, 0.3) is 5.69 Å². The number of hydrogen-bond acceptors (Lipinski definition) is 6. The first kappa shape index (κ1) is 19.2. The van der Waals surface area contributed by atoms with Gasteiger partial charge in [0.2, 0.25) is 0 Å². The Hall–Kier alpha value is -2.58. The number of halogens is 1. The maximum absolute atomic E-state index is 11.0. The number of non-ortho nitro benzene ring substituents is 1. The summed E-state index contributed by atoms with van der Waals surface area (Å²) in [5.74, 6) is 1.38. The second kappa shape index (κ2) is 8.41. The minimum Gasteiger partial charge on any atom is -0.486 e. The summed E-state index contributed by atoms with van der Waals surface area (Å²) >= 11 is 7.34. The summed E-state index contributed by atoms with van der Waals surface area (Å²) in [5.41, 5.74) is 0.936. The Bertz CT molecular complexity index is 946. The van der Waals surface area contributed by atoms with Crippen molar-refractivity contribution in [3.63, 3.8) is 0 Å². The zero-order chi connectivity index (χ0) is 19.4. The summed E-state index contributed by atoms with van der Waals surface area (Å²) in [4.78, 5) is 10.6. The second-order valence-electron chi connectivity index (χ2n) is 5.81. The van der Waals surface area contributed by atoms with Crippen LogP contribution in [-0.4, -0.2) is 19.7 Å². The third kappa shape index (κ3) is 4.78. The topological polar surface area (TPSA) is 83.1 Å². The Morgan fingerprint density at radius 1 is 1.26 bits per heavy atom. The number of thioether (sulfide) groups is 1. The summed E-state index contributed by atoms with van der Waals surface area (Å²) < 4.78 is 7.56. The average molecular weight is 405 g/mol. The van der Waals surface area contributed by atoms with Crippen molar-refractivity contribution in [1.82, 2.24) is 14.8 Å². The van der Waals surface area contributed by atoms with E-state index in [2.05, 4.69) is 10.2 Å². The van der Waals surface area contributed by atoms with Gasteiger partial charge in [-0.15, -0.1) is 10.2 Å². The average Bonchev–Trinajstić information content (AvgIpc) is 3.01. The molecule has 1 atom stereocenters. The Labute approximate surface area is 165 Å². The molecule has 3 rings (SSSR count). The van der Waals surface area contributed by atoms with E-state index in [0.29, 0.717) is 21.8 Å². The Kier molecular flexibility index (Phi) is 5.98. The molecule has 0 saturated carbocycles. The highest BCUT2D eigenvalue weighted by Crippen LogP contribution is 2.35. The third-order valence-corrected chi connectivity index (χ3v) is 5.38. The molecule has 0 N–H and O–H groups in total. The zero-order valence-electron chi connectivity index (χ0n) is 14.7. The van der Waals surface area contributed by atoms with E-state index in [1.165, 1.54) is 17.8 Å². The standard InChI is InChI=1S/C18H17ClN4O3S/c1-12(13-4-3-5-15(10-13)23(24)25)27-18-21-20-17(22(18)2)11-26-16-8-6-14(19)7-9-16/h3-10,12H,11H2,1-2H3/t12-/m1/s1. The van der Waals surface area contributed by atoms with Gasteiger partial charge < -0.3 is 9.30 Å². The number of nitro groups is 1. The van der Waals surface area contributed by atoms with Crippen LogP contribution in [0.1, 0.15) is 23.6 Å². The molecule has 0 amide bonds. The molecule has 0 aliphatic heterocycles. The maximum atomic E-state index is 11.0. The highest BCUT2D eigenvalue weighted by atomic mass is 35.5. The van der Waals surface area contributed by atoms with Gasteiger partial charge in [-0.2, -0.15) is 0 Å². The molecule has 0 spiro atoms. The van der Waals surface area contributed by atoms with Crippen LogP contribution in [0.15, 0.2) is 53.7 Å². The van der Waals surface area contributed by atoms with Gasteiger partial charge in [0.1, 0.15) is 12.4 Å². The number of nitrogens with zero attached hydrogens (tertiary/aromatic N) is 4. The maximum Gasteiger partial charge on any atom is 0.269 e. The number of nitro benzene ring substituents is 1. The van der Waals surface area contributed by atoms with Gasteiger partial charge in [-0.25, -0.2) is 0 Å². The Morgan fingerprint density at radius 3 is 2.70 bits per heavy atom. The smallest absolute Gasteiger partial charge is 0.269 e. The van der Waals surface area contributed by atoms with E-state index in [-0.39, 0.29) is 17.5 Å². The van der Waals surface area contributed by atoms with Crippen LogP contribution in [0.4, 0.5) is 5.69 Å². The van der Waals surface area contributed by atoms with Gasteiger partial charge in [-0.3, -0.25) is 10.1 Å². The van der Waals surface area contributed by atoms with Gasteiger partial charge in [0.15, 0.2) is 11.0 Å². The van der Waals surface area contributed by atoms with Crippen molar-refractivity contribution >= 4 is 29.1 Å². The lowest BCUT2D eigenvalue weighted by Gasteiger charge is -2.11. The van der Waals surface area contributed by atoms with E-state index < -0.39 is 4.92 Å². The van der Waals surface area contributed by atoms with Crippen molar-refractivity contribution in [2.75, 3.05) is 0 Å². The van der Waals surface area contributed by atoms with Crippen molar-refractivity contribution < 1.29 is 9.66 Å². The van der Waals surface area contributed by atoms with Crippen LogP contribution in [0.3, 0.4) is 0 Å². The first-order valence-electron chi connectivity index (χ1n) is 8.11. The predicted molar refractivity (Wildman–Crippen MR) is 104 cm³/mol. The van der Waals surface area contributed by atoms with Crippen LogP contribution in [-0.2, 0) is 13.7 Å². The summed E-state index contributed by atoms with van der Waals surface area (Å²) in [5, 5.41) is 20.7. The van der Waals surface area contributed by atoms with Crippen LogP contribution in [0, 0.1) is 10.1 Å². The lowest BCUT2D eigenvalue weighted by molar-refractivity contribution is -0.384. The van der Waals surface area contributed by atoms with Crippen molar-refractivity contribution in [2.45, 2.75) is 23.9 Å². The van der Waals surface area contributed by atoms with E-state index in [1.54, 1.807) is 36.4 Å². The molecule has 0 fully saturated rings. The first-order valence-corrected chi connectivity index (χ1v) is 9.37. The monoisotopic (exact) mass is 404 g/mol. The van der Waals surface area contributed by atoms with Gasteiger partial charge in [-0.1, -0.05) is 35.5 Å². The van der Waals surface area contributed by atoms with Crippen molar-refractivity contribution in [2.24, 2.45) is 7.05 Å². The van der Waals surface area contributed by atoms with Gasteiger partial charge in [-0.05, 0) is 36.8 Å². The molecule has 3 aromatic rings. The Balaban J connectivity index is 1.67. The van der Waals surface area contributed by atoms with Crippen LogP contribution < -0.4 is 4.74 Å². The number of rotatable bonds is 7. The molecular weight excluding hydrogens is 388 g/mol. The molecule has 0 saturated heterocycles. The minimum atomic E-state index is -0.393. The van der Waals surface area contributed by atoms with Crippen LogP contribution in [0.25, 0.3) is 0 Å². The molecule has 7 nitrogen and oxygen atoms in total. The number of ether oxygens (including phenoxy) is 1. The van der Waals surface area contributed by atoms with E-state index in [4.69, 9.17) is 16.3 Å². The van der Waals surface area contributed by atoms with Crippen molar-refractivity contribution in [3.05, 3.63) is 75.1 Å². The van der Waals surface area contributed by atoms with Crippen LogP contribution in [0.2, 0.25) is 5.02 Å². The fourth-order valence-corrected chi connectivity index (χ4v) is 3.45. The van der Waals surface area contributed by atoms with Gasteiger partial charge in [0, 0.05) is 29.5 Å². The second-order valence-corrected chi connectivity index (χ2v) is 7.56. The van der Waals surface area contributed by atoms with Gasteiger partial charge >= 0.3 is 0 Å². The molecular formula is C18H17ClN4O3S. The molecule has 140 valence electrons. The van der Waals surface area contributed by atoms with E-state index in [1.807, 2.05) is 24.6 Å². The zero-order valence-corrected chi connectivity index (χ0v) is 16.3. The molecule has 27 heavy (non-hydrogen) atoms. The van der Waals surface area contributed by atoms with E-state index in [9.17, 15) is 10.1 Å². The summed E-state index contributed by atoms with van der Waals surface area (Å²) in [6.45, 7) is 2.25. The molecule has 0 radical (unpaired) electrons. The highest BCUT2D eigenvalue weighted by molar-refractivity contribution is 7.99. The molecule has 9 heteroatoms. The molecule has 0 aliphatic carbocycles. The van der Waals surface area contributed by atoms with E-state index in [0.717, 1.165) is 5.56 Å². The molecule has 0 unspecified atom stereocenters. The number of hydrogen-bond donors (Lipinski definition) is 0. The van der Waals surface area contributed by atoms with Crippen LogP contribution >= 0.6 is 23.4 Å². The molecule has 0 bridgehead atoms. The summed E-state index contributed by atoms with van der Waals surface area (Å²) in [6, 6.07) is 13.7. The SMILES string of the molecule is C[C@@H](Sc1nnc(COc2ccc(Cl)cc2)n1C)c1cccc([N+](=O)[O-])c1. The molecule has 1 aromatic heterocycles. The quantitative estimate of drug-likeness (QED) is 0.319. The van der Waals surface area contributed by atoms with Gasteiger partial charge in [0.05, 0.1) is 4.92 Å². The minimum absolute atomic E-state index is 0.0159. The normalized spacial score (nSPS) is 12.0. The number of benzene rings is 2. The molecule has 0 aliphatic rings. The lowest BCUT2D eigenvalue weighted by atomic mass is 10.1. The molecule has 2 aromatic carbocycles. The summed E-state index contributed by atoms with van der Waals surface area (Å²) in [7, 11) is 1.86. The first-order chi connectivity index (χ1) is 12.9. The third-order valence-electron chi connectivity index (χ3n) is 3.94.